The van der Waals surface area contributed by atoms with E-state index in [1.165, 1.54) is 29.2 Å². The molecule has 3 aromatic rings. The number of para-hydroxylation sites is 1. The number of carbonyl (C=O) groups excluding carboxylic acids is 1. The second-order valence-electron chi connectivity index (χ2n) is 5.83. The summed E-state index contributed by atoms with van der Waals surface area (Å²) in [5, 5.41) is 3.46. The summed E-state index contributed by atoms with van der Waals surface area (Å²) in [5.41, 5.74) is 1.40. The summed E-state index contributed by atoms with van der Waals surface area (Å²) in [6.45, 7) is 3.90. The van der Waals surface area contributed by atoms with Crippen LogP contribution in [0.3, 0.4) is 0 Å². The number of thiazole rings is 1. The van der Waals surface area contributed by atoms with Crippen LogP contribution in [0.25, 0.3) is 10.2 Å². The summed E-state index contributed by atoms with van der Waals surface area (Å²) in [5.74, 6) is 1.54. The van der Waals surface area contributed by atoms with Crippen LogP contribution < -0.4 is 10.9 Å². The van der Waals surface area contributed by atoms with Gasteiger partial charge in [0.2, 0.25) is 5.91 Å². The second-order valence-corrected chi connectivity index (χ2v) is 9.30. The van der Waals surface area contributed by atoms with Crippen LogP contribution in [0.15, 0.2) is 40.3 Å². The van der Waals surface area contributed by atoms with Crippen molar-refractivity contribution < 1.29 is 4.79 Å². The van der Waals surface area contributed by atoms with E-state index in [-0.39, 0.29) is 11.5 Å². The Morgan fingerprint density at radius 1 is 1.33 bits per heavy atom. The number of fused-ring (bicyclic) bond motifs is 1. The number of amides is 1. The molecule has 2 heterocycles. The van der Waals surface area contributed by atoms with Gasteiger partial charge in [-0.2, -0.15) is 11.8 Å². The third-order valence-corrected chi connectivity index (χ3v) is 6.69. The molecule has 1 unspecified atom stereocenters. The zero-order chi connectivity index (χ0) is 19.2. The van der Waals surface area contributed by atoms with Gasteiger partial charge in [0.1, 0.15) is 0 Å². The van der Waals surface area contributed by atoms with Gasteiger partial charge < -0.3 is 10.3 Å². The molecule has 0 aliphatic heterocycles. The first kappa shape index (κ1) is 19.9. The Morgan fingerprint density at radius 3 is 2.93 bits per heavy atom. The van der Waals surface area contributed by atoms with Crippen LogP contribution in [0.5, 0.6) is 0 Å². The van der Waals surface area contributed by atoms with Gasteiger partial charge >= 0.3 is 0 Å². The highest BCUT2D eigenvalue weighted by atomic mass is 32.2. The Labute approximate surface area is 169 Å². The maximum absolute atomic E-state index is 12.5. The number of benzene rings is 1. The lowest BCUT2D eigenvalue weighted by atomic mass is 10.3. The molecular weight excluding hydrogens is 400 g/mol. The van der Waals surface area contributed by atoms with Crippen molar-refractivity contribution in [3.05, 3.63) is 46.4 Å². The largest absolute Gasteiger partial charge is 0.301 e. The zero-order valence-corrected chi connectivity index (χ0v) is 17.5. The van der Waals surface area contributed by atoms with Crippen LogP contribution in [0.2, 0.25) is 0 Å². The molecule has 0 radical (unpaired) electrons. The van der Waals surface area contributed by atoms with Crippen molar-refractivity contribution in [3.63, 3.8) is 0 Å². The maximum Gasteiger partial charge on any atom is 0.251 e. The molecule has 2 N–H and O–H groups in total. The number of rotatable bonds is 8. The van der Waals surface area contributed by atoms with E-state index in [0.29, 0.717) is 16.0 Å². The predicted molar refractivity (Wildman–Crippen MR) is 115 cm³/mol. The van der Waals surface area contributed by atoms with Crippen LogP contribution in [0.4, 0.5) is 5.13 Å². The van der Waals surface area contributed by atoms with Crippen LogP contribution in [0.1, 0.15) is 26.0 Å². The quantitative estimate of drug-likeness (QED) is 0.323. The first-order valence-electron chi connectivity index (χ1n) is 8.56. The normalized spacial score (nSPS) is 12.2. The van der Waals surface area contributed by atoms with Gasteiger partial charge in [-0.05, 0) is 31.2 Å². The van der Waals surface area contributed by atoms with Crippen molar-refractivity contribution in [1.29, 1.82) is 0 Å². The van der Waals surface area contributed by atoms with Gasteiger partial charge in [-0.3, -0.25) is 9.59 Å². The first-order chi connectivity index (χ1) is 13.0. The Morgan fingerprint density at radius 2 is 2.15 bits per heavy atom. The van der Waals surface area contributed by atoms with E-state index >= 15 is 0 Å². The first-order valence-corrected chi connectivity index (χ1v) is 11.4. The van der Waals surface area contributed by atoms with Crippen LogP contribution >= 0.6 is 34.9 Å². The minimum Gasteiger partial charge on any atom is -0.301 e. The number of aromatic nitrogens is 3. The van der Waals surface area contributed by atoms with Gasteiger partial charge in [-0.1, -0.05) is 42.2 Å². The molecule has 0 fully saturated rings. The van der Waals surface area contributed by atoms with Crippen LogP contribution in [0, 0.1) is 0 Å². The van der Waals surface area contributed by atoms with E-state index < -0.39 is 5.25 Å². The lowest BCUT2D eigenvalue weighted by Crippen LogP contribution is -2.23. The van der Waals surface area contributed by atoms with Crippen molar-refractivity contribution in [1.82, 2.24) is 15.0 Å². The Kier molecular flexibility index (Phi) is 6.92. The van der Waals surface area contributed by atoms with E-state index in [9.17, 15) is 9.59 Å². The highest BCUT2D eigenvalue weighted by Crippen LogP contribution is 2.27. The fourth-order valence-electron chi connectivity index (χ4n) is 2.29. The maximum atomic E-state index is 12.5. The smallest absolute Gasteiger partial charge is 0.251 e. The van der Waals surface area contributed by atoms with Crippen molar-refractivity contribution in [2.45, 2.75) is 36.4 Å². The average molecular weight is 421 g/mol. The van der Waals surface area contributed by atoms with Gasteiger partial charge in [0, 0.05) is 11.8 Å². The number of nitrogens with one attached hydrogen (secondary N) is 2. The van der Waals surface area contributed by atoms with Gasteiger partial charge in [0.05, 0.1) is 21.2 Å². The van der Waals surface area contributed by atoms with Gasteiger partial charge in [-0.15, -0.1) is 0 Å². The molecule has 0 saturated heterocycles. The zero-order valence-electron chi connectivity index (χ0n) is 15.0. The molecule has 0 aliphatic carbocycles. The molecule has 27 heavy (non-hydrogen) atoms. The highest BCUT2D eigenvalue weighted by Gasteiger charge is 2.18. The van der Waals surface area contributed by atoms with E-state index in [1.807, 2.05) is 24.3 Å². The van der Waals surface area contributed by atoms with Crippen molar-refractivity contribution >= 4 is 56.1 Å². The molecule has 6 nitrogen and oxygen atoms in total. The van der Waals surface area contributed by atoms with Gasteiger partial charge in [-0.25, -0.2) is 9.97 Å². The molecule has 0 spiro atoms. The van der Waals surface area contributed by atoms with E-state index in [2.05, 4.69) is 27.2 Å². The molecule has 9 heteroatoms. The summed E-state index contributed by atoms with van der Waals surface area (Å²) in [6, 6.07) is 9.25. The minimum atomic E-state index is -0.418. The number of hydrogen-bond acceptors (Lipinski definition) is 7. The molecule has 2 aromatic heterocycles. The van der Waals surface area contributed by atoms with Gasteiger partial charge in [0.25, 0.3) is 5.56 Å². The predicted octanol–water partition coefficient (Wildman–Crippen LogP) is 4.14. The van der Waals surface area contributed by atoms with E-state index in [0.717, 1.165) is 28.1 Å². The number of nitrogens with zero attached hydrogens (tertiary/aromatic N) is 2. The second kappa shape index (κ2) is 9.38. The monoisotopic (exact) mass is 420 g/mol. The topological polar surface area (TPSA) is 87.7 Å². The summed E-state index contributed by atoms with van der Waals surface area (Å²) in [7, 11) is 0. The standard InChI is InChI=1S/C18H20N4O2S3/c1-3-8-25-10-12-9-15(23)21-17(19-12)26-11(2)16(24)22-18-20-13-6-4-5-7-14(13)27-18/h4-7,9,11H,3,8,10H2,1-2H3,(H,19,21,23)(H,20,22,24). The molecule has 3 rings (SSSR count). The number of H-pyrrole nitrogens is 1. The third-order valence-electron chi connectivity index (χ3n) is 3.55. The Bertz CT molecular complexity index is 953. The molecule has 142 valence electrons. The minimum absolute atomic E-state index is 0.174. The molecule has 0 aliphatic rings. The highest BCUT2D eigenvalue weighted by molar-refractivity contribution is 8.00. The fourth-order valence-corrected chi connectivity index (χ4v) is 4.78. The van der Waals surface area contributed by atoms with E-state index in [4.69, 9.17) is 0 Å². The van der Waals surface area contributed by atoms with Crippen molar-refractivity contribution in [2.75, 3.05) is 11.1 Å². The van der Waals surface area contributed by atoms with Crippen molar-refractivity contribution in [2.24, 2.45) is 0 Å². The molecular formula is C18H20N4O2S3. The Balaban J connectivity index is 1.64. The fraction of sp³-hybridized carbons (Fsp3) is 0.333. The molecule has 1 atom stereocenters. The summed E-state index contributed by atoms with van der Waals surface area (Å²) >= 11 is 4.41. The summed E-state index contributed by atoms with van der Waals surface area (Å²) in [4.78, 5) is 35.9. The number of anilines is 1. The summed E-state index contributed by atoms with van der Waals surface area (Å²) in [6.07, 6.45) is 1.08. The Hall–Kier alpha value is -1.84. The average Bonchev–Trinajstić information content (AvgIpc) is 3.03. The SMILES string of the molecule is CCCSCc1cc(=O)[nH]c(SC(C)C(=O)Nc2nc3ccccc3s2)n1. The summed E-state index contributed by atoms with van der Waals surface area (Å²) < 4.78 is 1.02. The van der Waals surface area contributed by atoms with Crippen LogP contribution in [-0.2, 0) is 10.5 Å². The lowest BCUT2D eigenvalue weighted by Gasteiger charge is -2.10. The lowest BCUT2D eigenvalue weighted by molar-refractivity contribution is -0.115. The number of thioether (sulfide) groups is 2. The van der Waals surface area contributed by atoms with E-state index in [1.54, 1.807) is 18.7 Å². The van der Waals surface area contributed by atoms with Gasteiger partial charge in [0.15, 0.2) is 10.3 Å². The number of aromatic amines is 1. The number of hydrogen-bond donors (Lipinski definition) is 2. The molecule has 1 aromatic carbocycles. The molecule has 0 saturated carbocycles. The molecule has 1 amide bonds. The van der Waals surface area contributed by atoms with Crippen molar-refractivity contribution in [3.8, 4) is 0 Å². The number of carbonyl (C=O) groups is 1. The third kappa shape index (κ3) is 5.57. The molecule has 0 bridgehead atoms. The van der Waals surface area contributed by atoms with Crippen LogP contribution in [-0.4, -0.2) is 31.9 Å².